The topological polar surface area (TPSA) is 77.5 Å². The highest BCUT2D eigenvalue weighted by atomic mass is 19.4. The zero-order valence-electron chi connectivity index (χ0n) is 24.4. The summed E-state index contributed by atoms with van der Waals surface area (Å²) < 4.78 is 103. The molecule has 0 radical (unpaired) electrons. The Morgan fingerprint density at radius 1 is 0.860 bits per heavy atom. The second-order valence-corrected chi connectivity index (χ2v) is 10.0. The number of ether oxygens (including phenoxy) is 4. The molecule has 0 aromatic heterocycles. The van der Waals surface area contributed by atoms with Crippen LogP contribution in [-0.2, 0) is 28.4 Å². The number of anilines is 1. The number of nitrogens with zero attached hydrogens (tertiary/aromatic N) is 2. The minimum Gasteiger partial charge on any atom is -0.493 e. The van der Waals surface area contributed by atoms with E-state index < -0.39 is 59.9 Å². The van der Waals surface area contributed by atoms with Crippen molar-refractivity contribution in [1.29, 1.82) is 0 Å². The van der Waals surface area contributed by atoms with Crippen molar-refractivity contribution in [3.63, 3.8) is 0 Å². The Bertz CT molecular complexity index is 1270. The number of alkyl halides is 6. The summed E-state index contributed by atoms with van der Waals surface area (Å²) in [4.78, 5) is 29.0. The third-order valence-electron chi connectivity index (χ3n) is 6.82. The van der Waals surface area contributed by atoms with E-state index >= 15 is 0 Å². The van der Waals surface area contributed by atoms with Crippen molar-refractivity contribution in [3.8, 4) is 11.5 Å². The average molecular weight is 621 g/mol. The van der Waals surface area contributed by atoms with Gasteiger partial charge in [0.15, 0.2) is 11.5 Å². The van der Waals surface area contributed by atoms with Crippen LogP contribution >= 0.6 is 0 Å². The van der Waals surface area contributed by atoms with Gasteiger partial charge >= 0.3 is 24.5 Å². The van der Waals surface area contributed by atoms with E-state index in [4.69, 9.17) is 18.9 Å². The maximum absolute atomic E-state index is 13.6. The molecule has 238 valence electrons. The number of benzene rings is 2. The van der Waals surface area contributed by atoms with E-state index in [1.165, 1.54) is 31.3 Å². The zero-order chi connectivity index (χ0) is 32.1. The maximum Gasteiger partial charge on any atom is 0.416 e. The molecule has 8 nitrogen and oxygen atoms in total. The van der Waals surface area contributed by atoms with Crippen LogP contribution in [0.3, 0.4) is 0 Å². The number of hydrogen-bond acceptors (Lipinski definition) is 6. The second kappa shape index (κ2) is 13.6. The van der Waals surface area contributed by atoms with Crippen molar-refractivity contribution in [2.24, 2.45) is 0 Å². The van der Waals surface area contributed by atoms with Gasteiger partial charge in [0, 0.05) is 24.2 Å². The molecule has 0 saturated heterocycles. The summed E-state index contributed by atoms with van der Waals surface area (Å²) in [5, 5.41) is 0. The van der Waals surface area contributed by atoms with Crippen LogP contribution in [-0.4, -0.2) is 50.6 Å². The number of hydrogen-bond donors (Lipinski definition) is 0. The van der Waals surface area contributed by atoms with Crippen LogP contribution in [0.5, 0.6) is 11.5 Å². The van der Waals surface area contributed by atoms with Crippen LogP contribution < -0.4 is 14.4 Å². The van der Waals surface area contributed by atoms with E-state index in [2.05, 4.69) is 0 Å². The molecule has 2 atom stereocenters. The Balaban J connectivity index is 2.21. The highest BCUT2D eigenvalue weighted by molar-refractivity contribution is 5.91. The predicted molar refractivity (Wildman–Crippen MR) is 144 cm³/mol. The first-order valence-electron chi connectivity index (χ1n) is 13.6. The van der Waals surface area contributed by atoms with E-state index in [0.29, 0.717) is 30.5 Å². The molecule has 2 aromatic rings. The molecule has 0 fully saturated rings. The van der Waals surface area contributed by atoms with E-state index in [-0.39, 0.29) is 42.9 Å². The molecular weight excluding hydrogens is 586 g/mol. The maximum atomic E-state index is 13.6. The lowest BCUT2D eigenvalue weighted by atomic mass is 9.90. The van der Waals surface area contributed by atoms with Gasteiger partial charge in [-0.15, -0.1) is 0 Å². The number of carbonyl (C=O) groups is 2. The Labute approximate surface area is 245 Å². The summed E-state index contributed by atoms with van der Waals surface area (Å²) in [5.74, 6) is 0.471. The predicted octanol–water partition coefficient (Wildman–Crippen LogP) is 7.98. The van der Waals surface area contributed by atoms with Crippen LogP contribution in [0.2, 0.25) is 0 Å². The van der Waals surface area contributed by atoms with Gasteiger partial charge in [-0.3, -0.25) is 9.80 Å². The first kappa shape index (κ1) is 33.7. The van der Waals surface area contributed by atoms with Gasteiger partial charge in [0.05, 0.1) is 50.3 Å². The molecule has 2 amide bonds. The van der Waals surface area contributed by atoms with Gasteiger partial charge in [0.1, 0.15) is 0 Å². The fourth-order valence-corrected chi connectivity index (χ4v) is 4.87. The minimum atomic E-state index is -5.07. The normalized spacial score (nSPS) is 16.8. The van der Waals surface area contributed by atoms with Crippen molar-refractivity contribution in [1.82, 2.24) is 4.90 Å². The number of methoxy groups -OCH3 is 2. The molecular formula is C29H34F6N2O6. The fraction of sp³-hybridized carbons (Fsp3) is 0.517. The van der Waals surface area contributed by atoms with Crippen LogP contribution in [0.15, 0.2) is 30.3 Å². The van der Waals surface area contributed by atoms with Crippen molar-refractivity contribution in [2.45, 2.75) is 71.0 Å². The summed E-state index contributed by atoms with van der Waals surface area (Å²) in [7, 11) is 2.75. The molecule has 0 N–H and O–H groups in total. The molecule has 1 aliphatic rings. The summed E-state index contributed by atoms with van der Waals surface area (Å²) in [6.45, 7) is 4.68. The largest absolute Gasteiger partial charge is 0.493 e. The minimum absolute atomic E-state index is 0.0260. The van der Waals surface area contributed by atoms with E-state index in [1.807, 2.05) is 6.92 Å². The summed E-state index contributed by atoms with van der Waals surface area (Å²) in [6, 6.07) is 2.63. The van der Waals surface area contributed by atoms with Gasteiger partial charge in [0.2, 0.25) is 0 Å². The van der Waals surface area contributed by atoms with Gasteiger partial charge in [-0.25, -0.2) is 9.59 Å². The monoisotopic (exact) mass is 620 g/mol. The molecule has 2 unspecified atom stereocenters. The highest BCUT2D eigenvalue weighted by Crippen LogP contribution is 2.47. The van der Waals surface area contributed by atoms with E-state index in [9.17, 15) is 35.9 Å². The molecule has 0 saturated carbocycles. The van der Waals surface area contributed by atoms with E-state index in [0.717, 1.165) is 4.90 Å². The number of amides is 2. The first-order chi connectivity index (χ1) is 20.2. The Morgan fingerprint density at radius 3 is 1.91 bits per heavy atom. The van der Waals surface area contributed by atoms with Crippen molar-refractivity contribution < 1.29 is 54.9 Å². The Morgan fingerprint density at radius 2 is 1.40 bits per heavy atom. The number of fused-ring (bicyclic) bond motifs is 1. The van der Waals surface area contributed by atoms with Gasteiger partial charge < -0.3 is 18.9 Å². The number of carbonyl (C=O) groups excluding carboxylic acids is 2. The molecule has 43 heavy (non-hydrogen) atoms. The summed E-state index contributed by atoms with van der Waals surface area (Å²) in [5.41, 5.74) is -2.81. The van der Waals surface area contributed by atoms with Gasteiger partial charge in [0.25, 0.3) is 0 Å². The molecule has 0 aliphatic carbocycles. The van der Waals surface area contributed by atoms with E-state index in [1.54, 1.807) is 13.8 Å². The van der Waals surface area contributed by atoms with Gasteiger partial charge in [-0.1, -0.05) is 13.8 Å². The first-order valence-corrected chi connectivity index (χ1v) is 13.6. The summed E-state index contributed by atoms with van der Waals surface area (Å²) in [6.07, 6.45) is -10.7. The molecule has 2 aromatic carbocycles. The molecule has 0 bridgehead atoms. The zero-order valence-corrected chi connectivity index (χ0v) is 24.4. The van der Waals surface area contributed by atoms with Crippen LogP contribution in [0.1, 0.15) is 68.3 Å². The lowest BCUT2D eigenvalue weighted by Crippen LogP contribution is -2.48. The average Bonchev–Trinajstić information content (AvgIpc) is 2.95. The standard InChI is InChI=1S/C29H34F6N2O6/c1-6-8-42-26(38)36(16-18-11-19(28(30,31)32)13-20(12-18)29(33,34)35)22-10-17(3)37(27(39)43-9-7-2)23-15-25(41-5)24(40-4)14-21(22)23/h11-15,17,22H,6-10,16H2,1-5H3. The smallest absolute Gasteiger partial charge is 0.416 e. The van der Waals surface area contributed by atoms with Crippen LogP contribution in [0, 0.1) is 0 Å². The lowest BCUT2D eigenvalue weighted by molar-refractivity contribution is -0.143. The van der Waals surface area contributed by atoms with Crippen LogP contribution in [0.25, 0.3) is 0 Å². The highest BCUT2D eigenvalue weighted by Gasteiger charge is 2.42. The van der Waals surface area contributed by atoms with Gasteiger partial charge in [-0.2, -0.15) is 26.3 Å². The Kier molecular flexibility index (Phi) is 10.7. The SMILES string of the molecule is CCCOC(=O)N(Cc1cc(C(F)(F)F)cc(C(F)(F)F)c1)C1CC(C)N(C(=O)OCCC)c2cc(OC)c(OC)cc21. The molecule has 14 heteroatoms. The third-order valence-corrected chi connectivity index (χ3v) is 6.82. The number of halogens is 6. The fourth-order valence-electron chi connectivity index (χ4n) is 4.87. The second-order valence-electron chi connectivity index (χ2n) is 10.0. The van der Waals surface area contributed by atoms with Crippen molar-refractivity contribution in [3.05, 3.63) is 52.6 Å². The Hall–Kier alpha value is -3.84. The quantitative estimate of drug-likeness (QED) is 0.265. The van der Waals surface area contributed by atoms with Crippen molar-refractivity contribution in [2.75, 3.05) is 32.3 Å². The summed E-state index contributed by atoms with van der Waals surface area (Å²) >= 11 is 0. The molecule has 1 heterocycles. The molecule has 3 rings (SSSR count). The van der Waals surface area contributed by atoms with Gasteiger partial charge in [-0.05, 0) is 56.0 Å². The number of rotatable bonds is 9. The van der Waals surface area contributed by atoms with Crippen molar-refractivity contribution >= 4 is 17.9 Å². The molecule has 0 spiro atoms. The third kappa shape index (κ3) is 7.77. The van der Waals surface area contributed by atoms with Crippen LogP contribution in [0.4, 0.5) is 41.6 Å². The molecule has 1 aliphatic heterocycles. The lowest BCUT2D eigenvalue weighted by Gasteiger charge is -2.43.